The van der Waals surface area contributed by atoms with Gasteiger partial charge in [0.1, 0.15) is 23.1 Å². The molecular weight excluding hydrogens is 432 g/mol. The van der Waals surface area contributed by atoms with Crippen LogP contribution < -0.4 is 5.32 Å². The molecule has 2 N–H and O–H groups in total. The molecule has 3 atom stereocenters. The van der Waals surface area contributed by atoms with Crippen molar-refractivity contribution in [3.8, 4) is 12.3 Å². The standard InChI is InChI=1S/C17H17BrN6O4/c1-2-5-28-8-10-3-4-13(18)21-14(10)22-15(25)11-6-17(9-20-23-19)7-12(17)24(11)16(26)27/h1,3-4,11-12H,5-9H2,(H,26,27)(H,21,22,25)/t11-,12+,17-/m0/s1. The molecule has 0 aromatic carbocycles. The molecule has 2 aliphatic rings. The number of hydrogen-bond donors (Lipinski definition) is 2. The zero-order valence-corrected chi connectivity index (χ0v) is 16.3. The van der Waals surface area contributed by atoms with Crippen molar-refractivity contribution in [2.75, 3.05) is 18.5 Å². The third-order valence-corrected chi connectivity index (χ3v) is 5.46. The molecular formula is C17H17BrN6O4. The number of rotatable bonds is 7. The Morgan fingerprint density at radius 1 is 1.57 bits per heavy atom. The minimum Gasteiger partial charge on any atom is -0.465 e. The number of pyridine rings is 1. The molecule has 0 spiro atoms. The molecule has 1 aromatic heterocycles. The maximum absolute atomic E-state index is 12.9. The quantitative estimate of drug-likeness (QED) is 0.165. The molecule has 1 saturated carbocycles. The number of likely N-dealkylation sites (tertiary alicyclic amines) is 1. The summed E-state index contributed by atoms with van der Waals surface area (Å²) in [7, 11) is 0. The van der Waals surface area contributed by atoms with Crippen molar-refractivity contribution in [3.05, 3.63) is 32.7 Å². The summed E-state index contributed by atoms with van der Waals surface area (Å²) < 4.78 is 5.81. The molecule has 2 heterocycles. The number of carbonyl (C=O) groups is 2. The Morgan fingerprint density at radius 2 is 2.36 bits per heavy atom. The zero-order valence-electron chi connectivity index (χ0n) is 14.7. The van der Waals surface area contributed by atoms with Gasteiger partial charge in [0, 0.05) is 28.5 Å². The van der Waals surface area contributed by atoms with Crippen LogP contribution in [0.4, 0.5) is 10.6 Å². The van der Waals surface area contributed by atoms with Crippen molar-refractivity contribution in [1.29, 1.82) is 0 Å². The first-order chi connectivity index (χ1) is 13.4. The molecule has 10 nitrogen and oxygen atoms in total. The maximum atomic E-state index is 12.9. The molecule has 3 rings (SSSR count). The average Bonchev–Trinajstić information content (AvgIpc) is 3.25. The van der Waals surface area contributed by atoms with Gasteiger partial charge in [0.25, 0.3) is 0 Å². The number of ether oxygens (including phenoxy) is 1. The fourth-order valence-electron chi connectivity index (χ4n) is 3.64. The van der Waals surface area contributed by atoms with Crippen molar-refractivity contribution in [3.63, 3.8) is 0 Å². The van der Waals surface area contributed by atoms with E-state index in [4.69, 9.17) is 16.7 Å². The smallest absolute Gasteiger partial charge is 0.408 e. The van der Waals surface area contributed by atoms with E-state index in [1.807, 2.05) is 0 Å². The van der Waals surface area contributed by atoms with Crippen molar-refractivity contribution in [2.24, 2.45) is 10.5 Å². The predicted molar refractivity (Wildman–Crippen MR) is 102 cm³/mol. The number of fused-ring (bicyclic) bond motifs is 1. The van der Waals surface area contributed by atoms with Crippen LogP contribution in [0.3, 0.4) is 0 Å². The van der Waals surface area contributed by atoms with Crippen LogP contribution in [0.5, 0.6) is 0 Å². The van der Waals surface area contributed by atoms with Crippen LogP contribution in [0.2, 0.25) is 0 Å². The molecule has 0 unspecified atom stereocenters. The van der Waals surface area contributed by atoms with Gasteiger partial charge in [-0.3, -0.25) is 9.69 Å². The number of carboxylic acid groups (broad SMARTS) is 1. The number of nitrogens with zero attached hydrogens (tertiary/aromatic N) is 5. The van der Waals surface area contributed by atoms with Crippen LogP contribution in [0.1, 0.15) is 18.4 Å². The van der Waals surface area contributed by atoms with Crippen molar-refractivity contribution in [1.82, 2.24) is 9.88 Å². The summed E-state index contributed by atoms with van der Waals surface area (Å²) in [6.45, 7) is 0.432. The van der Waals surface area contributed by atoms with Gasteiger partial charge < -0.3 is 15.2 Å². The summed E-state index contributed by atoms with van der Waals surface area (Å²) in [5, 5.41) is 15.8. The van der Waals surface area contributed by atoms with E-state index in [2.05, 4.69) is 42.2 Å². The number of piperidine rings is 1. The van der Waals surface area contributed by atoms with Gasteiger partial charge >= 0.3 is 6.09 Å². The Kier molecular flexibility index (Phi) is 5.74. The van der Waals surface area contributed by atoms with E-state index >= 15 is 0 Å². The number of hydrogen-bond acceptors (Lipinski definition) is 5. The highest BCUT2D eigenvalue weighted by Gasteiger charge is 2.67. The molecule has 146 valence electrons. The fraction of sp³-hybridized carbons (Fsp3) is 0.471. The van der Waals surface area contributed by atoms with Crippen LogP contribution in [0, 0.1) is 17.8 Å². The second-order valence-electron chi connectivity index (χ2n) is 6.71. The van der Waals surface area contributed by atoms with Gasteiger partial charge in [0.15, 0.2) is 0 Å². The first-order valence-corrected chi connectivity index (χ1v) is 9.21. The summed E-state index contributed by atoms with van der Waals surface area (Å²) in [6.07, 6.45) is 4.87. The molecule has 0 radical (unpaired) electrons. The topological polar surface area (TPSA) is 141 Å². The summed E-state index contributed by atoms with van der Waals surface area (Å²) in [5.74, 6) is 2.14. The number of aromatic nitrogens is 1. The average molecular weight is 449 g/mol. The Morgan fingerprint density at radius 3 is 3.04 bits per heavy atom. The van der Waals surface area contributed by atoms with Crippen LogP contribution in [0.15, 0.2) is 21.9 Å². The number of azide groups is 1. The Balaban J connectivity index is 1.77. The minimum atomic E-state index is -1.18. The lowest BCUT2D eigenvalue weighted by Crippen LogP contribution is -2.45. The number of halogens is 1. The normalized spacial score (nSPS) is 24.6. The van der Waals surface area contributed by atoms with Gasteiger partial charge in [-0.05, 0) is 40.4 Å². The van der Waals surface area contributed by atoms with Crippen molar-refractivity contribution < 1.29 is 19.4 Å². The largest absolute Gasteiger partial charge is 0.465 e. The van der Waals surface area contributed by atoms with E-state index in [9.17, 15) is 14.7 Å². The summed E-state index contributed by atoms with van der Waals surface area (Å²) in [6, 6.07) is 2.23. The lowest BCUT2D eigenvalue weighted by atomic mass is 9.99. The van der Waals surface area contributed by atoms with Gasteiger partial charge in [-0.15, -0.1) is 6.42 Å². The second kappa shape index (κ2) is 8.06. The van der Waals surface area contributed by atoms with E-state index < -0.39 is 23.5 Å². The number of nitrogens with one attached hydrogen (secondary N) is 1. The van der Waals surface area contributed by atoms with E-state index in [1.54, 1.807) is 12.1 Å². The Bertz CT molecular complexity index is 896. The van der Waals surface area contributed by atoms with Gasteiger partial charge in [0.05, 0.1) is 6.61 Å². The van der Waals surface area contributed by atoms with E-state index in [1.165, 1.54) is 0 Å². The SMILES string of the molecule is C#CCOCc1ccc(Br)nc1NC(=O)[C@@H]1C[C@@]2(CN=[N+]=[N-])C[C@H]2N1C(=O)O. The molecule has 1 aromatic rings. The van der Waals surface area contributed by atoms with Crippen LogP contribution in [-0.4, -0.2) is 52.2 Å². The van der Waals surface area contributed by atoms with Gasteiger partial charge in [-0.1, -0.05) is 17.1 Å². The van der Waals surface area contributed by atoms with E-state index in [-0.39, 0.29) is 31.6 Å². The maximum Gasteiger partial charge on any atom is 0.408 e. The van der Waals surface area contributed by atoms with Crippen LogP contribution in [0.25, 0.3) is 10.4 Å². The zero-order chi connectivity index (χ0) is 20.3. The second-order valence-corrected chi connectivity index (χ2v) is 7.52. The van der Waals surface area contributed by atoms with E-state index in [0.29, 0.717) is 23.0 Å². The fourth-order valence-corrected chi connectivity index (χ4v) is 3.95. The van der Waals surface area contributed by atoms with E-state index in [0.717, 1.165) is 4.90 Å². The van der Waals surface area contributed by atoms with Gasteiger partial charge in [-0.25, -0.2) is 9.78 Å². The van der Waals surface area contributed by atoms with Gasteiger partial charge in [-0.2, -0.15) is 0 Å². The van der Waals surface area contributed by atoms with Crippen LogP contribution >= 0.6 is 15.9 Å². The van der Waals surface area contributed by atoms with Crippen LogP contribution in [-0.2, 0) is 16.1 Å². The third-order valence-electron chi connectivity index (χ3n) is 5.02. The highest BCUT2D eigenvalue weighted by atomic mass is 79.9. The summed E-state index contributed by atoms with van der Waals surface area (Å²) in [4.78, 5) is 32.7. The highest BCUT2D eigenvalue weighted by molar-refractivity contribution is 9.10. The van der Waals surface area contributed by atoms with Crippen molar-refractivity contribution >= 4 is 33.7 Å². The number of terminal acetylenes is 1. The lowest BCUT2D eigenvalue weighted by molar-refractivity contribution is -0.120. The Hall–Kier alpha value is -2.80. The first-order valence-electron chi connectivity index (χ1n) is 8.41. The summed E-state index contributed by atoms with van der Waals surface area (Å²) >= 11 is 3.25. The molecule has 1 saturated heterocycles. The lowest BCUT2D eigenvalue weighted by Gasteiger charge is -2.24. The summed E-state index contributed by atoms with van der Waals surface area (Å²) in [5.41, 5.74) is 8.71. The highest BCUT2D eigenvalue weighted by Crippen LogP contribution is 2.59. The van der Waals surface area contributed by atoms with Crippen molar-refractivity contribution in [2.45, 2.75) is 31.5 Å². The molecule has 1 aliphatic heterocycles. The number of carbonyl (C=O) groups excluding carboxylic acids is 1. The third kappa shape index (κ3) is 3.89. The monoisotopic (exact) mass is 448 g/mol. The molecule has 2 amide bonds. The minimum absolute atomic E-state index is 0.114. The predicted octanol–water partition coefficient (Wildman–Crippen LogP) is 2.75. The number of anilines is 1. The first kappa shape index (κ1) is 19.9. The number of amides is 2. The molecule has 11 heteroatoms. The van der Waals surface area contributed by atoms with Gasteiger partial charge in [0.2, 0.25) is 5.91 Å². The molecule has 1 aliphatic carbocycles. The Labute approximate surface area is 169 Å². The molecule has 2 fully saturated rings. The molecule has 0 bridgehead atoms. The molecule has 28 heavy (non-hydrogen) atoms.